The summed E-state index contributed by atoms with van der Waals surface area (Å²) >= 11 is 11.0. The van der Waals surface area contributed by atoms with E-state index in [2.05, 4.69) is 40.8 Å². The number of tetrazole rings is 1. The molecule has 134 valence electrons. The molecule has 0 radical (unpaired) electrons. The average molecular weight is 568 g/mol. The van der Waals surface area contributed by atoms with Gasteiger partial charge in [-0.15, -0.1) is 0 Å². The topological polar surface area (TPSA) is 171 Å². The highest BCUT2D eigenvalue weighted by atomic mass is 127. The molecule has 0 saturated heterocycles. The lowest BCUT2D eigenvalue weighted by atomic mass is 10.2. The zero-order valence-corrected chi connectivity index (χ0v) is 17.0. The Morgan fingerprint density at radius 1 is 1.48 bits per heavy atom. The van der Waals surface area contributed by atoms with Crippen molar-refractivity contribution in [2.75, 3.05) is 0 Å². The number of H-pyrrole nitrogens is 2. The van der Waals surface area contributed by atoms with Gasteiger partial charge in [0.2, 0.25) is 5.10 Å². The van der Waals surface area contributed by atoms with Gasteiger partial charge in [-0.3, -0.25) is 9.79 Å². The molecule has 0 aliphatic heterocycles. The minimum absolute atomic E-state index is 0.0228. The number of fused-ring (bicyclic) bond motifs is 1. The van der Waals surface area contributed by atoms with Gasteiger partial charge < -0.3 is 19.6 Å². The molecule has 0 spiro atoms. The molecule has 12 nitrogen and oxygen atoms in total. The van der Waals surface area contributed by atoms with Gasteiger partial charge in [-0.05, 0) is 33.2 Å². The minimum atomic E-state index is -4.59. The summed E-state index contributed by atoms with van der Waals surface area (Å²) in [5.74, 6) is 0.0228. The van der Waals surface area contributed by atoms with Crippen LogP contribution in [0.3, 0.4) is 0 Å². The van der Waals surface area contributed by atoms with E-state index in [9.17, 15) is 14.7 Å². The third-order valence-corrected chi connectivity index (χ3v) is 4.65. The van der Waals surface area contributed by atoms with Crippen LogP contribution >= 0.6 is 57.9 Å². The van der Waals surface area contributed by atoms with Crippen molar-refractivity contribution in [3.63, 3.8) is 0 Å². The van der Waals surface area contributed by atoms with Crippen LogP contribution in [0.2, 0.25) is 5.02 Å². The van der Waals surface area contributed by atoms with Crippen LogP contribution in [0.5, 0.6) is 5.75 Å². The number of nitro groups is 1. The maximum Gasteiger partial charge on any atom is 0.524 e. The van der Waals surface area contributed by atoms with Gasteiger partial charge in [0.25, 0.3) is 4.91 Å². The summed E-state index contributed by atoms with van der Waals surface area (Å²) in [6.45, 7) is 0. The van der Waals surface area contributed by atoms with Gasteiger partial charge >= 0.3 is 16.9 Å². The highest BCUT2D eigenvalue weighted by Gasteiger charge is 2.20. The Labute approximate surface area is 165 Å². The number of nitrogens with one attached hydrogen (secondary N) is 2. The molecule has 3 rings (SSSR count). The lowest BCUT2D eigenvalue weighted by Crippen LogP contribution is -2.47. The van der Waals surface area contributed by atoms with E-state index in [0.29, 0.717) is 29.1 Å². The molecule has 0 unspecified atom stereocenters. The zero-order valence-electron chi connectivity index (χ0n) is 11.6. The number of benzene rings is 1. The lowest BCUT2D eigenvalue weighted by Gasteiger charge is -2.06. The third kappa shape index (κ3) is 5.32. The van der Waals surface area contributed by atoms with Gasteiger partial charge in [-0.2, -0.15) is 0 Å². The van der Waals surface area contributed by atoms with Crippen molar-refractivity contribution >= 4 is 68.8 Å². The highest BCUT2D eigenvalue weighted by Crippen LogP contribution is 2.44. The molecule has 4 N–H and O–H groups in total. The van der Waals surface area contributed by atoms with Gasteiger partial charge in [0.15, 0.2) is 5.75 Å². The van der Waals surface area contributed by atoms with Crippen LogP contribution in [0.4, 0.5) is 0 Å². The number of hydrogen-bond acceptors (Lipinski definition) is 6. The Hall–Kier alpha value is -1.32. The molecule has 0 fully saturated rings. The smallest absolute Gasteiger partial charge is 0.402 e. The summed E-state index contributed by atoms with van der Waals surface area (Å²) in [6.07, 6.45) is 1.35. The number of hydrogen-bond donors (Lipinski definition) is 4. The SMILES string of the molecule is O=P(O)(O)Oc1c[nH]c2ccc(Br)c(Cl)c12.O=[N+]([O-])[n+]1nnc(I)[nH]1. The number of phosphoric ester groups is 1. The van der Waals surface area contributed by atoms with Crippen LogP contribution < -0.4 is 9.43 Å². The molecule has 25 heavy (non-hydrogen) atoms. The Balaban J connectivity index is 0.000000212. The molecular formula is C9H7BrClIN6O6P+. The van der Waals surface area contributed by atoms with Gasteiger partial charge in [0.05, 0.1) is 38.5 Å². The molecule has 2 heterocycles. The fraction of sp³-hybridized carbons (Fsp3) is 0. The number of rotatable bonds is 3. The molecule has 0 amide bonds. The van der Waals surface area contributed by atoms with E-state index in [1.807, 2.05) is 0 Å². The number of phosphoric acid groups is 1. The molecule has 1 aromatic carbocycles. The van der Waals surface area contributed by atoms with Crippen molar-refractivity contribution in [1.29, 1.82) is 0 Å². The summed E-state index contributed by atoms with van der Waals surface area (Å²) in [5.41, 5.74) is 0.636. The average Bonchev–Trinajstić information content (AvgIpc) is 3.09. The van der Waals surface area contributed by atoms with E-state index in [1.54, 1.807) is 34.7 Å². The first-order chi connectivity index (χ1) is 11.6. The Kier molecular flexibility index (Phi) is 6.34. The van der Waals surface area contributed by atoms with E-state index in [1.165, 1.54) is 6.20 Å². The van der Waals surface area contributed by atoms with Gasteiger partial charge in [0, 0.05) is 10.7 Å². The Morgan fingerprint density at radius 3 is 2.64 bits per heavy atom. The van der Waals surface area contributed by atoms with Gasteiger partial charge in [-0.25, -0.2) is 4.57 Å². The highest BCUT2D eigenvalue weighted by molar-refractivity contribution is 14.1. The summed E-state index contributed by atoms with van der Waals surface area (Å²) < 4.78 is 16.3. The monoisotopic (exact) mass is 567 g/mol. The van der Waals surface area contributed by atoms with Crippen molar-refractivity contribution in [1.82, 2.24) is 20.4 Å². The van der Waals surface area contributed by atoms with E-state index in [-0.39, 0.29) is 5.75 Å². The van der Waals surface area contributed by atoms with Crippen molar-refractivity contribution < 1.29 is 28.8 Å². The first kappa shape index (κ1) is 20.0. The number of aromatic amines is 2. The second kappa shape index (κ2) is 7.92. The molecule has 2 aromatic heterocycles. The van der Waals surface area contributed by atoms with Crippen LogP contribution in [0.15, 0.2) is 22.8 Å². The van der Waals surface area contributed by atoms with Crippen LogP contribution in [0.1, 0.15) is 0 Å². The standard InChI is InChI=1S/C8H6BrClNO4P.CIN5O2/c9-4-1-2-5-7(8(4)10)6(3-11-5)15-16(12,13)14;2-1-3-5-6(4-1)7(8)9/h1-3,11H,(H2,12,13,14);/p+1. The molecular weight excluding hydrogens is 561 g/mol. The van der Waals surface area contributed by atoms with Crippen LogP contribution in [-0.2, 0) is 4.57 Å². The second-order valence-electron chi connectivity index (χ2n) is 4.14. The van der Waals surface area contributed by atoms with Crippen molar-refractivity contribution in [2.45, 2.75) is 0 Å². The van der Waals surface area contributed by atoms with Crippen molar-refractivity contribution in [3.05, 3.63) is 41.8 Å². The molecule has 0 saturated carbocycles. The molecule has 0 atom stereocenters. The fourth-order valence-corrected chi connectivity index (χ4v) is 2.91. The van der Waals surface area contributed by atoms with Crippen molar-refractivity contribution in [2.24, 2.45) is 0 Å². The predicted octanol–water partition coefficient (Wildman–Crippen LogP) is 1.79. The first-order valence-corrected chi connectivity index (χ1v) is 9.72. The first-order valence-electron chi connectivity index (χ1n) is 5.94. The zero-order chi connectivity index (χ0) is 18.8. The largest absolute Gasteiger partial charge is 0.524 e. The lowest BCUT2D eigenvalue weighted by molar-refractivity contribution is -1.25. The second-order valence-corrected chi connectivity index (χ2v) is 7.56. The maximum absolute atomic E-state index is 10.7. The minimum Gasteiger partial charge on any atom is -0.402 e. The molecule has 16 heteroatoms. The molecule has 3 aromatic rings. The summed E-state index contributed by atoms with van der Waals surface area (Å²) in [6, 6.07) is 3.44. The molecule has 0 aliphatic carbocycles. The van der Waals surface area contributed by atoms with E-state index in [4.69, 9.17) is 21.4 Å². The Bertz CT molecular complexity index is 975. The van der Waals surface area contributed by atoms with Crippen LogP contribution in [0.25, 0.3) is 10.9 Å². The predicted molar refractivity (Wildman–Crippen MR) is 95.4 cm³/mol. The molecule has 0 aliphatic rings. The van der Waals surface area contributed by atoms with Gasteiger partial charge in [-0.1, -0.05) is 11.6 Å². The normalized spacial score (nSPS) is 11.1. The summed E-state index contributed by atoms with van der Waals surface area (Å²) in [5, 5.41) is 18.6. The third-order valence-electron chi connectivity index (χ3n) is 2.48. The van der Waals surface area contributed by atoms with Crippen LogP contribution in [0, 0.1) is 13.9 Å². The van der Waals surface area contributed by atoms with Crippen molar-refractivity contribution in [3.8, 4) is 5.75 Å². The number of aromatic nitrogens is 5. The molecule has 0 bridgehead atoms. The maximum atomic E-state index is 10.7. The summed E-state index contributed by atoms with van der Waals surface area (Å²) in [4.78, 5) is 30.5. The quantitative estimate of drug-likeness (QED) is 0.122. The van der Waals surface area contributed by atoms with E-state index in [0.717, 1.165) is 0 Å². The van der Waals surface area contributed by atoms with E-state index >= 15 is 0 Å². The Morgan fingerprint density at radius 2 is 2.16 bits per heavy atom. The van der Waals surface area contributed by atoms with Gasteiger partial charge in [0.1, 0.15) is 5.03 Å². The number of nitrogens with zero attached hydrogens (tertiary/aromatic N) is 4. The summed E-state index contributed by atoms with van der Waals surface area (Å²) in [7, 11) is -4.59. The number of halogens is 3. The fourth-order valence-electron chi connectivity index (χ4n) is 1.61. The van der Waals surface area contributed by atoms with E-state index < -0.39 is 12.9 Å². The van der Waals surface area contributed by atoms with Crippen LogP contribution in [-0.4, -0.2) is 35.2 Å².